The van der Waals surface area contributed by atoms with Gasteiger partial charge in [-0.25, -0.2) is 9.59 Å². The molecule has 0 saturated carbocycles. The summed E-state index contributed by atoms with van der Waals surface area (Å²) in [6, 6.07) is 11.5. The summed E-state index contributed by atoms with van der Waals surface area (Å²) in [6.45, 7) is 4.24. The minimum absolute atomic E-state index is 0.00568. The van der Waals surface area contributed by atoms with E-state index in [1.807, 2.05) is 36.4 Å². The Labute approximate surface area is 189 Å². The van der Waals surface area contributed by atoms with E-state index in [2.05, 4.69) is 24.1 Å². The van der Waals surface area contributed by atoms with Crippen molar-refractivity contribution in [3.8, 4) is 0 Å². The number of hydrogen-bond donors (Lipinski definition) is 3. The maximum Gasteiger partial charge on any atom is 0.414 e. The summed E-state index contributed by atoms with van der Waals surface area (Å²) in [5.41, 5.74) is 5.65. The highest BCUT2D eigenvalue weighted by molar-refractivity contribution is 6.27. The first-order valence-electron chi connectivity index (χ1n) is 10.4. The van der Waals surface area contributed by atoms with E-state index < -0.39 is 11.9 Å². The average molecular weight is 446 g/mol. The molecule has 0 amide bonds. The van der Waals surface area contributed by atoms with Gasteiger partial charge in [-0.15, -0.1) is 0 Å². The predicted molar refractivity (Wildman–Crippen MR) is 118 cm³/mol. The summed E-state index contributed by atoms with van der Waals surface area (Å²) >= 11 is 0. The van der Waals surface area contributed by atoms with E-state index in [-0.39, 0.29) is 22.9 Å². The molecule has 0 bridgehead atoms. The number of nitrogens with one attached hydrogen (secondary N) is 1. The number of carboxylic acids is 2. The fourth-order valence-electron chi connectivity index (χ4n) is 4.67. The van der Waals surface area contributed by atoms with Gasteiger partial charge in [0, 0.05) is 52.7 Å². The van der Waals surface area contributed by atoms with E-state index in [4.69, 9.17) is 19.8 Å². The molecule has 168 valence electrons. The first-order valence-corrected chi connectivity index (χ1v) is 10.4. The minimum Gasteiger partial charge on any atom is -0.473 e. The van der Waals surface area contributed by atoms with Gasteiger partial charge in [0.05, 0.1) is 5.70 Å². The van der Waals surface area contributed by atoms with Crippen LogP contribution in [0.5, 0.6) is 0 Å². The lowest BCUT2D eigenvalue weighted by Crippen LogP contribution is -2.37. The SMILES string of the molecule is CC1(C)CC(=O)C2=C(C1)NC1=C(C(=O)c3ccccc31)C2c1cccnc1.O=C(O)C(=O)O. The quantitative estimate of drug-likeness (QED) is 0.569. The molecule has 2 aromatic rings. The molecule has 1 unspecified atom stereocenters. The number of pyridine rings is 1. The summed E-state index contributed by atoms with van der Waals surface area (Å²) in [5.74, 6) is -3.87. The van der Waals surface area contributed by atoms with Crippen LogP contribution in [0.1, 0.15) is 54.1 Å². The zero-order chi connectivity index (χ0) is 23.9. The molecule has 1 aromatic carbocycles. The van der Waals surface area contributed by atoms with Crippen molar-refractivity contribution in [2.45, 2.75) is 32.6 Å². The zero-order valence-corrected chi connectivity index (χ0v) is 18.1. The van der Waals surface area contributed by atoms with Gasteiger partial charge in [0.15, 0.2) is 11.6 Å². The third kappa shape index (κ3) is 3.95. The van der Waals surface area contributed by atoms with E-state index in [1.165, 1.54) is 0 Å². The number of dihydropyridines is 1. The molecule has 8 heteroatoms. The molecule has 5 rings (SSSR count). The number of fused-ring (bicyclic) bond motifs is 2. The van der Waals surface area contributed by atoms with E-state index in [0.717, 1.165) is 34.5 Å². The van der Waals surface area contributed by atoms with Crippen LogP contribution in [0, 0.1) is 5.41 Å². The van der Waals surface area contributed by atoms with Crippen molar-refractivity contribution in [1.82, 2.24) is 10.3 Å². The first-order chi connectivity index (χ1) is 15.6. The summed E-state index contributed by atoms with van der Waals surface area (Å²) in [7, 11) is 0. The largest absolute Gasteiger partial charge is 0.473 e. The lowest BCUT2D eigenvalue weighted by Gasteiger charge is -2.38. The summed E-state index contributed by atoms with van der Waals surface area (Å²) in [6.07, 6.45) is 4.77. The zero-order valence-electron chi connectivity index (χ0n) is 18.1. The molecule has 1 aliphatic heterocycles. The third-order valence-corrected chi connectivity index (χ3v) is 5.93. The van der Waals surface area contributed by atoms with Crippen LogP contribution in [-0.4, -0.2) is 38.7 Å². The molecule has 3 aliphatic rings. The summed E-state index contributed by atoms with van der Waals surface area (Å²) in [4.78, 5) is 48.9. The fraction of sp³-hybridized carbons (Fsp3) is 0.240. The number of nitrogens with zero attached hydrogens (tertiary/aromatic N) is 1. The van der Waals surface area contributed by atoms with Crippen molar-refractivity contribution in [2.75, 3.05) is 0 Å². The van der Waals surface area contributed by atoms with Gasteiger partial charge in [-0.2, -0.15) is 0 Å². The lowest BCUT2D eigenvalue weighted by atomic mass is 9.68. The van der Waals surface area contributed by atoms with Crippen LogP contribution >= 0.6 is 0 Å². The number of benzene rings is 1. The van der Waals surface area contributed by atoms with Crippen molar-refractivity contribution >= 4 is 29.2 Å². The standard InChI is InChI=1S/C23H20N2O2.C2H2O4/c1-23(2)10-16-19(17(26)11-23)18(13-6-5-9-24-12-13)20-21(25-16)14-7-3-4-8-15(14)22(20)27;3-1(4)2(5)6/h3-9,12,18,25H,10-11H2,1-2H3;(H,3,4)(H,5,6). The highest BCUT2D eigenvalue weighted by Crippen LogP contribution is 2.51. The molecule has 1 aromatic heterocycles. The molecule has 0 radical (unpaired) electrons. The van der Waals surface area contributed by atoms with Crippen molar-refractivity contribution in [3.63, 3.8) is 0 Å². The van der Waals surface area contributed by atoms with Crippen LogP contribution < -0.4 is 5.32 Å². The van der Waals surface area contributed by atoms with Gasteiger partial charge >= 0.3 is 11.9 Å². The monoisotopic (exact) mass is 446 g/mol. The van der Waals surface area contributed by atoms with Crippen LogP contribution in [0.25, 0.3) is 5.70 Å². The number of hydrogen-bond acceptors (Lipinski definition) is 6. The van der Waals surface area contributed by atoms with Crippen molar-refractivity contribution < 1.29 is 29.4 Å². The third-order valence-electron chi connectivity index (χ3n) is 5.93. The number of aromatic nitrogens is 1. The van der Waals surface area contributed by atoms with Gasteiger partial charge in [0.25, 0.3) is 0 Å². The van der Waals surface area contributed by atoms with Crippen LogP contribution in [0.3, 0.4) is 0 Å². The molecule has 0 saturated heterocycles. The maximum atomic E-state index is 13.3. The van der Waals surface area contributed by atoms with Crippen LogP contribution in [0.2, 0.25) is 0 Å². The normalized spacial score (nSPS) is 20.1. The van der Waals surface area contributed by atoms with Gasteiger partial charge in [0.2, 0.25) is 0 Å². The second-order valence-corrected chi connectivity index (χ2v) is 8.95. The topological polar surface area (TPSA) is 134 Å². The van der Waals surface area contributed by atoms with E-state index >= 15 is 0 Å². The van der Waals surface area contributed by atoms with E-state index in [0.29, 0.717) is 17.6 Å². The van der Waals surface area contributed by atoms with E-state index in [9.17, 15) is 9.59 Å². The Bertz CT molecular complexity index is 1240. The first kappa shape index (κ1) is 22.1. The molecule has 1 atom stereocenters. The van der Waals surface area contributed by atoms with Crippen LogP contribution in [0.4, 0.5) is 0 Å². The molecule has 2 aliphatic carbocycles. The summed E-state index contributed by atoms with van der Waals surface area (Å²) < 4.78 is 0. The Morgan fingerprint density at radius 1 is 0.970 bits per heavy atom. The maximum absolute atomic E-state index is 13.3. The number of carbonyl (C=O) groups is 4. The molecular formula is C25H22N2O6. The fourth-order valence-corrected chi connectivity index (χ4v) is 4.67. The van der Waals surface area contributed by atoms with Crippen molar-refractivity contribution in [3.05, 3.63) is 82.3 Å². The number of Topliss-reactive ketones (excluding diaryl/α,β-unsaturated/α-hetero) is 2. The second-order valence-electron chi connectivity index (χ2n) is 8.95. The highest BCUT2D eigenvalue weighted by Gasteiger charge is 2.46. The molecule has 0 fully saturated rings. The molecule has 0 spiro atoms. The summed E-state index contributed by atoms with van der Waals surface area (Å²) in [5, 5.41) is 18.3. The number of carbonyl (C=O) groups excluding carboxylic acids is 2. The number of ketones is 2. The minimum atomic E-state index is -1.82. The van der Waals surface area contributed by atoms with Crippen molar-refractivity contribution in [2.24, 2.45) is 5.41 Å². The average Bonchev–Trinajstić information content (AvgIpc) is 3.04. The van der Waals surface area contributed by atoms with Gasteiger partial charge in [0.1, 0.15) is 0 Å². The second kappa shape index (κ2) is 8.12. The Kier molecular flexibility index (Phi) is 5.45. The van der Waals surface area contributed by atoms with E-state index in [1.54, 1.807) is 12.4 Å². The molecular weight excluding hydrogens is 424 g/mol. The lowest BCUT2D eigenvalue weighted by molar-refractivity contribution is -0.159. The van der Waals surface area contributed by atoms with Gasteiger partial charge in [-0.05, 0) is 23.5 Å². The molecule has 8 nitrogen and oxygen atoms in total. The van der Waals surface area contributed by atoms with Gasteiger partial charge in [-0.3, -0.25) is 14.6 Å². The Morgan fingerprint density at radius 2 is 1.64 bits per heavy atom. The Morgan fingerprint density at radius 3 is 2.24 bits per heavy atom. The van der Waals surface area contributed by atoms with Crippen LogP contribution in [0.15, 0.2) is 65.6 Å². The predicted octanol–water partition coefficient (Wildman–Crippen LogP) is 3.17. The highest BCUT2D eigenvalue weighted by atomic mass is 16.4. The number of aliphatic carboxylic acids is 2. The molecule has 2 heterocycles. The van der Waals surface area contributed by atoms with Crippen molar-refractivity contribution in [1.29, 1.82) is 0 Å². The molecule has 33 heavy (non-hydrogen) atoms. The number of carboxylic acid groups (broad SMARTS) is 2. The van der Waals surface area contributed by atoms with Gasteiger partial charge < -0.3 is 15.5 Å². The van der Waals surface area contributed by atoms with Crippen LogP contribution in [-0.2, 0) is 14.4 Å². The smallest absolute Gasteiger partial charge is 0.414 e. The van der Waals surface area contributed by atoms with Gasteiger partial charge in [-0.1, -0.05) is 44.2 Å². The molecule has 3 N–H and O–H groups in total. The number of rotatable bonds is 1. The Balaban J connectivity index is 0.000000385. The number of allylic oxidation sites excluding steroid dienone is 3. The Hall–Kier alpha value is -4.07.